The minimum Gasteiger partial charge on any atom is -0.550 e. The molecule has 2 rings (SSSR count). The Morgan fingerprint density at radius 1 is 1.18 bits per heavy atom. The van der Waals surface area contributed by atoms with Crippen molar-refractivity contribution >= 4 is 29.6 Å². The van der Waals surface area contributed by atoms with Gasteiger partial charge in [0.05, 0.1) is 23.6 Å². The molecule has 1 aromatic carbocycles. The summed E-state index contributed by atoms with van der Waals surface area (Å²) in [5.41, 5.74) is 2.67. The summed E-state index contributed by atoms with van der Waals surface area (Å²) in [6.07, 6.45) is 0.125. The molecular weight excluding hydrogens is 453 g/mol. The number of aliphatic hydroxyl groups is 2. The Balaban J connectivity index is 0.00000172. The SMILES string of the molecule is CC(C)c1nc(N(C)C)nc(-c2ccc(F)cc2)c1/C=C/[C@@H](O)C[C@@H](O)CC(=O)[O-].O=S=O. The van der Waals surface area contributed by atoms with Gasteiger partial charge in [0.15, 0.2) is 0 Å². The van der Waals surface area contributed by atoms with Crippen LogP contribution in [0.15, 0.2) is 30.3 Å². The molecule has 0 aliphatic heterocycles. The van der Waals surface area contributed by atoms with Crippen LogP contribution in [0.5, 0.6) is 0 Å². The Morgan fingerprint density at radius 3 is 2.24 bits per heavy atom. The molecule has 0 saturated heterocycles. The Bertz CT molecular complexity index is 992. The topological polar surface area (TPSA) is 144 Å². The predicted molar refractivity (Wildman–Crippen MR) is 120 cm³/mol. The number of anilines is 1. The van der Waals surface area contributed by atoms with Gasteiger partial charge in [-0.15, -0.1) is 0 Å². The number of halogens is 1. The second-order valence-corrected chi connectivity index (χ2v) is 7.82. The minimum atomic E-state index is -1.38. The second-order valence-electron chi connectivity index (χ2n) is 7.69. The van der Waals surface area contributed by atoms with Crippen molar-refractivity contribution in [1.29, 1.82) is 0 Å². The maximum Gasteiger partial charge on any atom is 0.335 e. The number of aromatic nitrogens is 2. The van der Waals surface area contributed by atoms with E-state index in [-0.39, 0.29) is 18.2 Å². The van der Waals surface area contributed by atoms with E-state index in [2.05, 4.69) is 9.97 Å². The first-order valence-electron chi connectivity index (χ1n) is 10.0. The molecule has 0 aliphatic rings. The third-order valence-electron chi connectivity index (χ3n) is 4.43. The van der Waals surface area contributed by atoms with Gasteiger partial charge < -0.3 is 25.0 Å². The van der Waals surface area contributed by atoms with Crippen molar-refractivity contribution in [2.75, 3.05) is 19.0 Å². The van der Waals surface area contributed by atoms with E-state index in [0.29, 0.717) is 22.8 Å². The van der Waals surface area contributed by atoms with Gasteiger partial charge in [0.1, 0.15) is 5.82 Å². The molecule has 180 valence electrons. The third kappa shape index (κ3) is 9.16. The number of carboxylic acid groups (broad SMARTS) is 1. The number of aliphatic carboxylic acids is 1. The molecule has 0 radical (unpaired) electrons. The van der Waals surface area contributed by atoms with Crippen LogP contribution in [0.1, 0.15) is 43.9 Å². The van der Waals surface area contributed by atoms with Gasteiger partial charge in [0.25, 0.3) is 0 Å². The van der Waals surface area contributed by atoms with Gasteiger partial charge in [-0.2, -0.15) is 8.42 Å². The Labute approximate surface area is 195 Å². The lowest BCUT2D eigenvalue weighted by Crippen LogP contribution is -2.29. The fourth-order valence-electron chi connectivity index (χ4n) is 2.95. The molecule has 2 N–H and O–H groups in total. The normalized spacial score (nSPS) is 12.7. The van der Waals surface area contributed by atoms with Gasteiger partial charge in [-0.3, -0.25) is 0 Å². The van der Waals surface area contributed by atoms with E-state index < -0.39 is 36.2 Å². The first-order chi connectivity index (χ1) is 15.5. The highest BCUT2D eigenvalue weighted by Gasteiger charge is 2.18. The molecule has 1 heterocycles. The van der Waals surface area contributed by atoms with Crippen LogP contribution in [0, 0.1) is 5.82 Å². The van der Waals surface area contributed by atoms with Crippen LogP contribution in [0.2, 0.25) is 0 Å². The lowest BCUT2D eigenvalue weighted by Gasteiger charge is -2.19. The fraction of sp³-hybridized carbons (Fsp3) is 0.409. The predicted octanol–water partition coefficient (Wildman–Crippen LogP) is 1.07. The first-order valence-corrected chi connectivity index (χ1v) is 10.7. The van der Waals surface area contributed by atoms with Gasteiger partial charge in [-0.05, 0) is 30.2 Å². The first kappa shape index (κ1) is 28.0. The number of rotatable bonds is 9. The highest BCUT2D eigenvalue weighted by Crippen LogP contribution is 2.31. The third-order valence-corrected chi connectivity index (χ3v) is 4.43. The number of carbonyl (C=O) groups is 1. The quantitative estimate of drug-likeness (QED) is 0.538. The number of carbonyl (C=O) groups excluding carboxylic acids is 1. The Morgan fingerprint density at radius 2 is 1.76 bits per heavy atom. The van der Waals surface area contributed by atoms with Crippen molar-refractivity contribution < 1.29 is 32.9 Å². The number of carboxylic acids is 1. The van der Waals surface area contributed by atoms with Crippen molar-refractivity contribution in [2.45, 2.75) is 44.8 Å². The molecule has 0 amide bonds. The lowest BCUT2D eigenvalue weighted by atomic mass is 9.97. The zero-order valence-corrected chi connectivity index (χ0v) is 19.6. The molecule has 11 heteroatoms. The highest BCUT2D eigenvalue weighted by molar-refractivity contribution is 7.51. The van der Waals surface area contributed by atoms with E-state index in [1.807, 2.05) is 27.9 Å². The molecule has 9 nitrogen and oxygen atoms in total. The monoisotopic (exact) mass is 480 g/mol. The summed E-state index contributed by atoms with van der Waals surface area (Å²) in [5, 5.41) is 30.5. The molecule has 0 saturated carbocycles. The van der Waals surface area contributed by atoms with Crippen LogP contribution < -0.4 is 10.0 Å². The van der Waals surface area contributed by atoms with Crippen molar-refractivity contribution in [3.05, 3.63) is 47.4 Å². The molecule has 2 atom stereocenters. The molecule has 0 unspecified atom stereocenters. The molecule has 0 fully saturated rings. The molecule has 2 aromatic rings. The van der Waals surface area contributed by atoms with Gasteiger partial charge in [-0.25, -0.2) is 14.4 Å². The van der Waals surface area contributed by atoms with Crippen molar-refractivity contribution in [1.82, 2.24) is 9.97 Å². The van der Waals surface area contributed by atoms with E-state index >= 15 is 0 Å². The van der Waals surface area contributed by atoms with Crippen LogP contribution >= 0.6 is 0 Å². The largest absolute Gasteiger partial charge is 0.550 e. The average molecular weight is 481 g/mol. The number of benzene rings is 1. The summed E-state index contributed by atoms with van der Waals surface area (Å²) in [5.74, 6) is -1.21. The average Bonchev–Trinajstić information content (AvgIpc) is 2.72. The summed E-state index contributed by atoms with van der Waals surface area (Å²) < 4.78 is 30.0. The number of nitrogens with zero attached hydrogens (tertiary/aromatic N) is 3. The van der Waals surface area contributed by atoms with Crippen LogP contribution in [-0.2, 0) is 16.4 Å². The number of hydrogen-bond acceptors (Lipinski definition) is 9. The standard InChI is InChI=1S/C22H28FN3O4.O2S/c1-13(2)20-18(10-9-16(27)11-17(28)12-19(29)30)21(25-22(24-20)26(3)4)14-5-7-15(23)8-6-14;1-3-2/h5-10,13,16-17,27-28H,11-12H2,1-4H3,(H,29,30);/p-1/b10-9+;/t16-,17-;/m1./s1. The van der Waals surface area contributed by atoms with E-state index in [4.69, 9.17) is 8.42 Å². The van der Waals surface area contributed by atoms with Crippen molar-refractivity contribution in [2.24, 2.45) is 0 Å². The van der Waals surface area contributed by atoms with Crippen molar-refractivity contribution in [3.8, 4) is 11.3 Å². The summed E-state index contributed by atoms with van der Waals surface area (Å²) >= 11 is -0.750. The van der Waals surface area contributed by atoms with Gasteiger partial charge in [-0.1, -0.05) is 26.0 Å². The number of hydrogen-bond donors (Lipinski definition) is 2. The van der Waals surface area contributed by atoms with E-state index in [0.717, 1.165) is 5.69 Å². The maximum atomic E-state index is 13.4. The lowest BCUT2D eigenvalue weighted by molar-refractivity contribution is -0.307. The molecule has 0 aliphatic carbocycles. The van der Waals surface area contributed by atoms with E-state index in [9.17, 15) is 24.5 Å². The Hall–Kier alpha value is -3.02. The summed E-state index contributed by atoms with van der Waals surface area (Å²) in [6, 6.07) is 5.94. The highest BCUT2D eigenvalue weighted by atomic mass is 32.1. The van der Waals surface area contributed by atoms with Crippen molar-refractivity contribution in [3.63, 3.8) is 0 Å². The molecule has 0 bridgehead atoms. The molecule has 0 spiro atoms. The zero-order chi connectivity index (χ0) is 25.1. The fourth-order valence-corrected chi connectivity index (χ4v) is 2.95. The smallest absolute Gasteiger partial charge is 0.335 e. The van der Waals surface area contributed by atoms with E-state index in [1.54, 1.807) is 23.1 Å². The minimum absolute atomic E-state index is 0.0337. The summed E-state index contributed by atoms with van der Waals surface area (Å²) in [6.45, 7) is 3.96. The van der Waals surface area contributed by atoms with E-state index in [1.165, 1.54) is 18.2 Å². The second kappa shape index (κ2) is 13.5. The molecule has 1 aromatic heterocycles. The van der Waals surface area contributed by atoms with Gasteiger partial charge in [0.2, 0.25) is 5.95 Å². The van der Waals surface area contributed by atoms with Gasteiger partial charge >= 0.3 is 11.6 Å². The summed E-state index contributed by atoms with van der Waals surface area (Å²) in [4.78, 5) is 21.6. The number of aliphatic hydroxyl groups excluding tert-OH is 2. The molecule has 33 heavy (non-hydrogen) atoms. The van der Waals surface area contributed by atoms with Crippen LogP contribution in [0.25, 0.3) is 17.3 Å². The van der Waals surface area contributed by atoms with Crippen LogP contribution in [0.3, 0.4) is 0 Å². The molecular formula is C22H27FN3O6S-. The zero-order valence-electron chi connectivity index (χ0n) is 18.8. The Kier molecular flexibility index (Phi) is 11.5. The summed E-state index contributed by atoms with van der Waals surface area (Å²) in [7, 11) is 3.65. The van der Waals surface area contributed by atoms with Gasteiger partial charge in [0, 0.05) is 44.0 Å². The van der Waals surface area contributed by atoms with Crippen LogP contribution in [0.4, 0.5) is 10.3 Å². The maximum absolute atomic E-state index is 13.4. The van der Waals surface area contributed by atoms with Crippen LogP contribution in [-0.4, -0.2) is 60.9 Å².